The average molecular weight is 282 g/mol. The van der Waals surface area contributed by atoms with Crippen LogP contribution < -0.4 is 0 Å². The van der Waals surface area contributed by atoms with E-state index in [1.165, 1.54) is 4.90 Å². The third-order valence-electron chi connectivity index (χ3n) is 3.60. The zero-order valence-electron chi connectivity index (χ0n) is 10.7. The van der Waals surface area contributed by atoms with E-state index >= 15 is 0 Å². The van der Waals surface area contributed by atoms with Crippen LogP contribution in [0, 0.1) is 12.8 Å². The van der Waals surface area contributed by atoms with Crippen LogP contribution >= 0.6 is 11.6 Å². The van der Waals surface area contributed by atoms with E-state index in [0.29, 0.717) is 36.5 Å². The quantitative estimate of drug-likeness (QED) is 0.847. The van der Waals surface area contributed by atoms with Crippen molar-refractivity contribution in [1.82, 2.24) is 4.90 Å². The number of carbonyl (C=O) groups excluding carboxylic acids is 1. The molecule has 1 N–H and O–H groups in total. The minimum atomic E-state index is -0.912. The Bertz CT molecular complexity index is 507. The fourth-order valence-corrected chi connectivity index (χ4v) is 2.58. The summed E-state index contributed by atoms with van der Waals surface area (Å²) in [7, 11) is 0. The maximum Gasteiger partial charge on any atom is 0.407 e. The van der Waals surface area contributed by atoms with Gasteiger partial charge in [-0.25, -0.2) is 4.79 Å². The molecule has 2 rings (SSSR count). The van der Waals surface area contributed by atoms with Gasteiger partial charge in [-0.1, -0.05) is 17.7 Å². The number of aryl methyl sites for hydroxylation is 1. The molecule has 0 atom stereocenters. The number of piperidine rings is 1. The van der Waals surface area contributed by atoms with Crippen molar-refractivity contribution in [1.29, 1.82) is 0 Å². The van der Waals surface area contributed by atoms with Crippen molar-refractivity contribution >= 4 is 23.5 Å². The molecule has 0 spiro atoms. The molecule has 19 heavy (non-hydrogen) atoms. The molecule has 1 amide bonds. The van der Waals surface area contributed by atoms with Gasteiger partial charge in [-0.2, -0.15) is 0 Å². The number of hydrogen-bond donors (Lipinski definition) is 1. The van der Waals surface area contributed by atoms with Crippen molar-refractivity contribution in [2.45, 2.75) is 19.8 Å². The normalized spacial score (nSPS) is 16.4. The zero-order valence-corrected chi connectivity index (χ0v) is 11.5. The Morgan fingerprint density at radius 3 is 2.53 bits per heavy atom. The largest absolute Gasteiger partial charge is 0.465 e. The van der Waals surface area contributed by atoms with E-state index in [2.05, 4.69) is 0 Å². The third-order valence-corrected chi connectivity index (χ3v) is 3.84. The molecule has 1 aliphatic heterocycles. The van der Waals surface area contributed by atoms with E-state index in [1.807, 2.05) is 13.0 Å². The van der Waals surface area contributed by atoms with Crippen molar-refractivity contribution in [2.24, 2.45) is 5.92 Å². The number of likely N-dealkylation sites (tertiary alicyclic amines) is 1. The number of hydrogen-bond acceptors (Lipinski definition) is 2. The molecule has 1 fully saturated rings. The number of carboxylic acid groups (broad SMARTS) is 1. The average Bonchev–Trinajstić information content (AvgIpc) is 2.41. The second-order valence-electron chi connectivity index (χ2n) is 4.87. The van der Waals surface area contributed by atoms with Crippen LogP contribution in [0.15, 0.2) is 18.2 Å². The number of ketones is 1. The first-order valence-electron chi connectivity index (χ1n) is 6.27. The molecule has 5 heteroatoms. The summed E-state index contributed by atoms with van der Waals surface area (Å²) >= 11 is 5.93. The second-order valence-corrected chi connectivity index (χ2v) is 5.30. The van der Waals surface area contributed by atoms with Crippen molar-refractivity contribution in [3.63, 3.8) is 0 Å². The van der Waals surface area contributed by atoms with Gasteiger partial charge in [0.1, 0.15) is 0 Å². The van der Waals surface area contributed by atoms with Gasteiger partial charge in [0.05, 0.1) is 0 Å². The predicted molar refractivity (Wildman–Crippen MR) is 72.8 cm³/mol. The first-order chi connectivity index (χ1) is 8.99. The molecule has 1 aliphatic rings. The van der Waals surface area contributed by atoms with Gasteiger partial charge in [0.15, 0.2) is 5.78 Å². The van der Waals surface area contributed by atoms with Crippen LogP contribution in [0.4, 0.5) is 4.79 Å². The number of rotatable bonds is 2. The molecule has 1 aromatic carbocycles. The smallest absolute Gasteiger partial charge is 0.407 e. The van der Waals surface area contributed by atoms with Gasteiger partial charge in [-0.05, 0) is 37.5 Å². The van der Waals surface area contributed by atoms with E-state index < -0.39 is 6.09 Å². The van der Waals surface area contributed by atoms with Gasteiger partial charge in [0.2, 0.25) is 0 Å². The molecule has 0 saturated carbocycles. The van der Waals surface area contributed by atoms with Crippen LogP contribution in [0.25, 0.3) is 0 Å². The number of halogens is 1. The van der Waals surface area contributed by atoms with E-state index in [0.717, 1.165) is 5.56 Å². The SMILES string of the molecule is Cc1ccc(Cl)cc1C(=O)C1CCN(C(=O)O)CC1. The van der Waals surface area contributed by atoms with E-state index in [-0.39, 0.29) is 11.7 Å². The van der Waals surface area contributed by atoms with Gasteiger partial charge < -0.3 is 10.0 Å². The number of carbonyl (C=O) groups is 2. The highest BCUT2D eigenvalue weighted by atomic mass is 35.5. The standard InChI is InChI=1S/C14H16ClNO3/c1-9-2-3-11(15)8-12(9)13(17)10-4-6-16(7-5-10)14(18)19/h2-3,8,10H,4-7H2,1H3,(H,18,19). The summed E-state index contributed by atoms with van der Waals surface area (Å²) in [4.78, 5) is 24.6. The second kappa shape index (κ2) is 5.61. The highest BCUT2D eigenvalue weighted by Gasteiger charge is 2.28. The fraction of sp³-hybridized carbons (Fsp3) is 0.429. The molecular formula is C14H16ClNO3. The van der Waals surface area contributed by atoms with E-state index in [1.54, 1.807) is 12.1 Å². The summed E-state index contributed by atoms with van der Waals surface area (Å²) in [5.74, 6) is -0.0298. The first kappa shape index (κ1) is 13.9. The Morgan fingerprint density at radius 2 is 1.95 bits per heavy atom. The lowest BCUT2D eigenvalue weighted by Gasteiger charge is -2.29. The van der Waals surface area contributed by atoms with E-state index in [9.17, 15) is 9.59 Å². The van der Waals surface area contributed by atoms with Crippen molar-refractivity contribution in [2.75, 3.05) is 13.1 Å². The molecule has 1 saturated heterocycles. The fourth-order valence-electron chi connectivity index (χ4n) is 2.41. The van der Waals surface area contributed by atoms with Gasteiger partial charge in [-0.15, -0.1) is 0 Å². The minimum Gasteiger partial charge on any atom is -0.465 e. The highest BCUT2D eigenvalue weighted by Crippen LogP contribution is 2.25. The summed E-state index contributed by atoms with van der Waals surface area (Å²) in [6, 6.07) is 5.30. The lowest BCUT2D eigenvalue weighted by Crippen LogP contribution is -2.39. The maximum absolute atomic E-state index is 12.4. The molecule has 4 nitrogen and oxygen atoms in total. The molecule has 0 bridgehead atoms. The minimum absolute atomic E-state index is 0.0741. The maximum atomic E-state index is 12.4. The van der Waals surface area contributed by atoms with Crippen molar-refractivity contribution in [3.8, 4) is 0 Å². The molecule has 1 heterocycles. The summed E-state index contributed by atoms with van der Waals surface area (Å²) in [6.45, 7) is 2.73. The Morgan fingerprint density at radius 1 is 1.32 bits per heavy atom. The Balaban J connectivity index is 2.09. The molecule has 0 unspecified atom stereocenters. The van der Waals surface area contributed by atoms with Crippen LogP contribution in [0.3, 0.4) is 0 Å². The van der Waals surface area contributed by atoms with E-state index in [4.69, 9.17) is 16.7 Å². The first-order valence-corrected chi connectivity index (χ1v) is 6.65. The zero-order chi connectivity index (χ0) is 14.0. The molecular weight excluding hydrogens is 266 g/mol. The summed E-state index contributed by atoms with van der Waals surface area (Å²) in [6.07, 6.45) is 0.249. The predicted octanol–water partition coefficient (Wildman–Crippen LogP) is 3.22. The monoisotopic (exact) mass is 281 g/mol. The van der Waals surface area contributed by atoms with Crippen molar-refractivity contribution < 1.29 is 14.7 Å². The number of benzene rings is 1. The molecule has 0 aliphatic carbocycles. The number of nitrogens with zero attached hydrogens (tertiary/aromatic N) is 1. The highest BCUT2D eigenvalue weighted by molar-refractivity contribution is 6.31. The Kier molecular flexibility index (Phi) is 4.10. The van der Waals surface area contributed by atoms with Crippen LogP contribution in [0.2, 0.25) is 5.02 Å². The lowest BCUT2D eigenvalue weighted by molar-refractivity contribution is 0.0820. The van der Waals surface area contributed by atoms with Gasteiger partial charge in [0.25, 0.3) is 0 Å². The summed E-state index contributed by atoms with van der Waals surface area (Å²) < 4.78 is 0. The lowest BCUT2D eigenvalue weighted by atomic mass is 9.87. The molecule has 0 radical (unpaired) electrons. The van der Waals surface area contributed by atoms with Crippen LogP contribution in [-0.2, 0) is 0 Å². The summed E-state index contributed by atoms with van der Waals surface area (Å²) in [5, 5.41) is 9.44. The van der Waals surface area contributed by atoms with Crippen molar-refractivity contribution in [3.05, 3.63) is 34.3 Å². The van der Waals surface area contributed by atoms with Crippen LogP contribution in [0.1, 0.15) is 28.8 Å². The van der Waals surface area contributed by atoms with Crippen LogP contribution in [0.5, 0.6) is 0 Å². The summed E-state index contributed by atoms with van der Waals surface area (Å²) in [5.41, 5.74) is 1.57. The van der Waals surface area contributed by atoms with Crippen LogP contribution in [-0.4, -0.2) is 35.0 Å². The van der Waals surface area contributed by atoms with Gasteiger partial charge in [-0.3, -0.25) is 4.79 Å². The molecule has 1 aromatic rings. The molecule has 102 valence electrons. The Labute approximate surface area is 117 Å². The number of Topliss-reactive ketones (excluding diaryl/α,β-unsaturated/α-hetero) is 1. The topological polar surface area (TPSA) is 57.6 Å². The van der Waals surface area contributed by atoms with Gasteiger partial charge in [0, 0.05) is 29.6 Å². The van der Waals surface area contributed by atoms with Gasteiger partial charge >= 0.3 is 6.09 Å². The number of amides is 1. The molecule has 0 aromatic heterocycles. The Hall–Kier alpha value is -1.55. The third kappa shape index (κ3) is 3.07.